The zero-order valence-electron chi connectivity index (χ0n) is 40.5. The highest BCUT2D eigenvalue weighted by Gasteiger charge is 2.46. The first-order chi connectivity index (χ1) is 32.0. The minimum Gasteiger partial charge on any atom is -0.480 e. The summed E-state index contributed by atoms with van der Waals surface area (Å²) >= 11 is 4.22. The normalized spacial score (nSPS) is 22.2. The number of aliphatic hydroxyl groups excluding tert-OH is 1. The van der Waals surface area contributed by atoms with Crippen LogP contribution in [0.25, 0.3) is 0 Å². The summed E-state index contributed by atoms with van der Waals surface area (Å²) in [5.74, 6) is -8.42. The van der Waals surface area contributed by atoms with E-state index < -0.39 is 126 Å². The van der Waals surface area contributed by atoms with Gasteiger partial charge in [0.05, 0.1) is 12.1 Å². The molecule has 11 N–H and O–H groups in total. The highest BCUT2D eigenvalue weighted by molar-refractivity contribution is 7.80. The summed E-state index contributed by atoms with van der Waals surface area (Å²) in [6.07, 6.45) is 1.64. The number of amides is 9. The van der Waals surface area contributed by atoms with Crippen molar-refractivity contribution in [3.05, 3.63) is 0 Å². The van der Waals surface area contributed by atoms with Crippen LogP contribution in [-0.4, -0.2) is 170 Å². The van der Waals surface area contributed by atoms with Gasteiger partial charge in [-0.15, -0.1) is 0 Å². The van der Waals surface area contributed by atoms with Gasteiger partial charge in [0.1, 0.15) is 48.3 Å². The number of carbonyl (C=O) groups excluding carboxylic acids is 9. The summed E-state index contributed by atoms with van der Waals surface area (Å²) in [5.41, 5.74) is 11.6. The molecule has 68 heavy (non-hydrogen) atoms. The standard InChI is InChI=1S/C45H76N10O12S/c1-8-24(5)34(40(61)49-29(22-68)37(58)52-36(26(7)56)41(62)51-35(45(66)67)25(6)9-2)50-39(60)31-14-11-19-54(31)44(65)32-15-12-20-55(32)43(64)28(16-17-33(47)57)48-38(59)30-13-10-18-53(30)42(63)27(46)21-23(3)4/h23-32,34-36,56,68H,8-22,46H2,1-7H3,(H2,47,57)(H,48,59)(H,49,61)(H,50,60)(H,51,62)(H,52,58)(H,66,67)/t24-,25-,26+,27-,28-,29-,30-,31-,32-,34-,35-,36-/m0/s1. The maximum Gasteiger partial charge on any atom is 0.326 e. The monoisotopic (exact) mass is 981 g/mol. The number of rotatable bonds is 25. The van der Waals surface area contributed by atoms with Gasteiger partial charge < -0.3 is 63.0 Å². The molecule has 9 amide bonds. The Bertz CT molecular complexity index is 1840. The minimum atomic E-state index is -1.59. The molecule has 3 saturated heterocycles. The number of hydrogen-bond acceptors (Lipinski definition) is 13. The van der Waals surface area contributed by atoms with Gasteiger partial charge in [0, 0.05) is 31.8 Å². The van der Waals surface area contributed by atoms with E-state index in [0.29, 0.717) is 51.5 Å². The first kappa shape index (κ1) is 57.3. The summed E-state index contributed by atoms with van der Waals surface area (Å²) in [6.45, 7) is 12.6. The van der Waals surface area contributed by atoms with Gasteiger partial charge >= 0.3 is 5.97 Å². The average Bonchev–Trinajstić information content (AvgIpc) is 4.10. The number of nitrogens with one attached hydrogen (secondary N) is 5. The molecule has 0 bridgehead atoms. The van der Waals surface area contributed by atoms with E-state index in [4.69, 9.17) is 11.5 Å². The van der Waals surface area contributed by atoms with E-state index in [1.165, 1.54) is 21.6 Å². The van der Waals surface area contributed by atoms with Crippen LogP contribution in [0.3, 0.4) is 0 Å². The van der Waals surface area contributed by atoms with Crippen LogP contribution in [0.4, 0.5) is 0 Å². The fourth-order valence-corrected chi connectivity index (χ4v) is 9.17. The van der Waals surface area contributed by atoms with Crippen molar-refractivity contribution in [2.24, 2.45) is 29.2 Å². The van der Waals surface area contributed by atoms with Crippen molar-refractivity contribution in [1.29, 1.82) is 0 Å². The van der Waals surface area contributed by atoms with Gasteiger partial charge in [0.25, 0.3) is 0 Å². The van der Waals surface area contributed by atoms with Crippen molar-refractivity contribution in [3.63, 3.8) is 0 Å². The van der Waals surface area contributed by atoms with Crippen LogP contribution in [-0.2, 0) is 47.9 Å². The third kappa shape index (κ3) is 15.2. The molecule has 3 heterocycles. The van der Waals surface area contributed by atoms with Crippen molar-refractivity contribution in [2.75, 3.05) is 25.4 Å². The van der Waals surface area contributed by atoms with Crippen LogP contribution < -0.4 is 38.1 Å². The number of nitrogens with zero attached hydrogens (tertiary/aromatic N) is 3. The van der Waals surface area contributed by atoms with Crippen molar-refractivity contribution >= 4 is 71.8 Å². The number of carboxylic acids is 1. The fraction of sp³-hybridized carbons (Fsp3) is 0.778. The van der Waals surface area contributed by atoms with Gasteiger partial charge in [-0.2, -0.15) is 12.6 Å². The second-order valence-electron chi connectivity index (χ2n) is 18.9. The molecule has 0 unspecified atom stereocenters. The number of nitrogens with two attached hydrogens (primary N) is 2. The van der Waals surface area contributed by atoms with E-state index in [0.717, 1.165) is 0 Å². The fourth-order valence-electron chi connectivity index (χ4n) is 8.91. The van der Waals surface area contributed by atoms with E-state index in [-0.39, 0.29) is 56.4 Å². The molecule has 3 fully saturated rings. The molecule has 0 aliphatic carbocycles. The van der Waals surface area contributed by atoms with Crippen molar-refractivity contribution in [3.8, 4) is 0 Å². The lowest BCUT2D eigenvalue weighted by Crippen LogP contribution is -2.62. The van der Waals surface area contributed by atoms with Gasteiger partial charge in [0.15, 0.2) is 0 Å². The number of hydrogen-bond donors (Lipinski definition) is 10. The molecule has 12 atom stereocenters. The number of carboxylic acid groups (broad SMARTS) is 1. The Morgan fingerprint density at radius 2 is 1.12 bits per heavy atom. The largest absolute Gasteiger partial charge is 0.480 e. The Balaban J connectivity index is 1.75. The zero-order chi connectivity index (χ0) is 51.2. The van der Waals surface area contributed by atoms with Gasteiger partial charge in [-0.25, -0.2) is 4.79 Å². The predicted molar refractivity (Wildman–Crippen MR) is 252 cm³/mol. The SMILES string of the molecule is CC[C@H](C)[C@H](NC(=O)[C@@H](NC(=O)[C@H](CS)NC(=O)[C@@H](NC(=O)[C@@H]1CCCN1C(=O)[C@@H]1CCCN1C(=O)[C@H](CCC(N)=O)NC(=O)[C@@H]1CCCN1C(=O)[C@@H](N)CC(C)C)[C@@H](C)CC)[C@@H](C)O)C(=O)O. The first-order valence-electron chi connectivity index (χ1n) is 24.0. The van der Waals surface area contributed by atoms with Gasteiger partial charge in [-0.3, -0.25) is 43.2 Å². The lowest BCUT2D eigenvalue weighted by Gasteiger charge is -2.34. The van der Waals surface area contributed by atoms with Crippen LogP contribution in [0.15, 0.2) is 0 Å². The van der Waals surface area contributed by atoms with Crippen LogP contribution >= 0.6 is 12.6 Å². The molecule has 23 heteroatoms. The summed E-state index contributed by atoms with van der Waals surface area (Å²) in [5, 5.41) is 32.9. The number of carbonyl (C=O) groups is 10. The molecule has 0 radical (unpaired) electrons. The number of likely N-dealkylation sites (tertiary alicyclic amines) is 3. The van der Waals surface area contributed by atoms with Crippen LogP contribution in [0.2, 0.25) is 0 Å². The summed E-state index contributed by atoms with van der Waals surface area (Å²) < 4.78 is 0. The molecule has 0 aromatic rings. The predicted octanol–water partition coefficient (Wildman–Crippen LogP) is -1.49. The number of thiol groups is 1. The number of aliphatic hydroxyl groups is 1. The van der Waals surface area contributed by atoms with E-state index >= 15 is 0 Å². The molecule has 3 aliphatic rings. The Labute approximate surface area is 404 Å². The maximum atomic E-state index is 14.4. The van der Waals surface area contributed by atoms with E-state index in [1.807, 2.05) is 13.8 Å². The first-order valence-corrected chi connectivity index (χ1v) is 24.6. The lowest BCUT2D eigenvalue weighted by atomic mass is 9.97. The summed E-state index contributed by atoms with van der Waals surface area (Å²) in [7, 11) is 0. The molecular formula is C45H76N10O12S. The van der Waals surface area contributed by atoms with Crippen molar-refractivity contribution in [1.82, 2.24) is 41.3 Å². The summed E-state index contributed by atoms with van der Waals surface area (Å²) in [6, 6.07) is -10.4. The second kappa shape index (κ2) is 26.7. The molecule has 0 aromatic heterocycles. The Morgan fingerprint density at radius 1 is 0.632 bits per heavy atom. The van der Waals surface area contributed by atoms with E-state index in [9.17, 15) is 58.2 Å². The number of aliphatic carboxylic acids is 1. The highest BCUT2D eigenvalue weighted by Crippen LogP contribution is 2.27. The van der Waals surface area contributed by atoms with Crippen LogP contribution in [0.5, 0.6) is 0 Å². The van der Waals surface area contributed by atoms with Crippen molar-refractivity contribution < 1.29 is 58.2 Å². The number of primary amides is 1. The molecule has 0 saturated carbocycles. The van der Waals surface area contributed by atoms with Crippen molar-refractivity contribution in [2.45, 2.75) is 180 Å². The second-order valence-corrected chi connectivity index (χ2v) is 19.3. The smallest absolute Gasteiger partial charge is 0.326 e. The molecule has 3 aliphatic heterocycles. The quantitative estimate of drug-likeness (QED) is 0.0467. The van der Waals surface area contributed by atoms with E-state index in [1.54, 1.807) is 27.7 Å². The van der Waals surface area contributed by atoms with Gasteiger partial charge in [-0.1, -0.05) is 54.4 Å². The molecular weight excluding hydrogens is 905 g/mol. The van der Waals surface area contributed by atoms with Gasteiger partial charge in [0.2, 0.25) is 53.2 Å². The zero-order valence-corrected chi connectivity index (χ0v) is 41.4. The third-order valence-electron chi connectivity index (χ3n) is 13.3. The third-order valence-corrected chi connectivity index (χ3v) is 13.6. The van der Waals surface area contributed by atoms with E-state index in [2.05, 4.69) is 39.2 Å². The Morgan fingerprint density at radius 3 is 1.63 bits per heavy atom. The molecule has 0 aromatic carbocycles. The molecule has 22 nitrogen and oxygen atoms in total. The highest BCUT2D eigenvalue weighted by atomic mass is 32.1. The van der Waals surface area contributed by atoms with Gasteiger partial charge in [-0.05, 0) is 76.0 Å². The maximum absolute atomic E-state index is 14.4. The topological polar surface area (TPSA) is 333 Å². The summed E-state index contributed by atoms with van der Waals surface area (Å²) in [4.78, 5) is 138. The molecule has 384 valence electrons. The molecule has 0 spiro atoms. The Kier molecular flexibility index (Phi) is 22.5. The van der Waals surface area contributed by atoms with Crippen LogP contribution in [0.1, 0.15) is 119 Å². The lowest BCUT2D eigenvalue weighted by molar-refractivity contribution is -0.148. The minimum absolute atomic E-state index is 0.146. The Hall–Kier alpha value is -5.03. The molecule has 3 rings (SSSR count). The van der Waals surface area contributed by atoms with Crippen LogP contribution in [0, 0.1) is 17.8 Å². The average molecular weight is 981 g/mol.